The molecule has 232 valence electrons. The highest BCUT2D eigenvalue weighted by molar-refractivity contribution is 7.17. The molecule has 12 heteroatoms. The fourth-order valence-corrected chi connectivity index (χ4v) is 8.14. The van der Waals surface area contributed by atoms with Crippen molar-refractivity contribution in [2.45, 2.75) is 37.0 Å². The zero-order valence-corrected chi connectivity index (χ0v) is 25.3. The van der Waals surface area contributed by atoms with Crippen molar-refractivity contribution in [3.05, 3.63) is 71.4 Å². The van der Waals surface area contributed by atoms with Gasteiger partial charge in [-0.1, -0.05) is 24.8 Å². The maximum atomic E-state index is 16.0. The molecule has 0 radical (unpaired) electrons. The Bertz CT molecular complexity index is 1860. The first-order valence-corrected chi connectivity index (χ1v) is 15.9. The third kappa shape index (κ3) is 5.27. The van der Waals surface area contributed by atoms with E-state index in [2.05, 4.69) is 16.3 Å². The molecule has 2 aromatic carbocycles. The number of aromatic nitrogens is 2. The van der Waals surface area contributed by atoms with Crippen molar-refractivity contribution in [3.8, 4) is 17.1 Å². The van der Waals surface area contributed by atoms with Gasteiger partial charge in [0.1, 0.15) is 30.5 Å². The van der Waals surface area contributed by atoms with Crippen molar-refractivity contribution >= 4 is 44.1 Å². The van der Waals surface area contributed by atoms with Crippen LogP contribution in [0.4, 0.5) is 19.0 Å². The van der Waals surface area contributed by atoms with Gasteiger partial charge in [0.25, 0.3) is 5.91 Å². The smallest absolute Gasteiger partial charge is 0.319 e. The number of ether oxygens (including phenoxy) is 1. The predicted octanol–water partition coefficient (Wildman–Crippen LogP) is 6.03. The number of nitrogens with zero attached hydrogens (tertiary/aromatic N) is 6. The number of carbonyl (C=O) groups is 1. The summed E-state index contributed by atoms with van der Waals surface area (Å²) in [6, 6.07) is 10.3. The molecule has 45 heavy (non-hydrogen) atoms. The normalized spacial score (nSPS) is 23.4. The van der Waals surface area contributed by atoms with Crippen molar-refractivity contribution in [1.82, 2.24) is 19.8 Å². The lowest BCUT2D eigenvalue weighted by Crippen LogP contribution is -2.56. The number of alkyl halides is 1. The van der Waals surface area contributed by atoms with Gasteiger partial charge in [0.05, 0.1) is 11.1 Å². The van der Waals surface area contributed by atoms with Crippen molar-refractivity contribution in [3.63, 3.8) is 0 Å². The van der Waals surface area contributed by atoms with E-state index in [1.165, 1.54) is 22.3 Å². The van der Waals surface area contributed by atoms with Gasteiger partial charge < -0.3 is 19.4 Å². The van der Waals surface area contributed by atoms with Crippen LogP contribution in [0.3, 0.4) is 0 Å². The fraction of sp³-hybridized carbons (Fsp3) is 0.394. The Morgan fingerprint density at radius 3 is 2.87 bits per heavy atom. The first-order chi connectivity index (χ1) is 21.8. The van der Waals surface area contributed by atoms with E-state index in [0.717, 1.165) is 35.0 Å². The number of amides is 1. The van der Waals surface area contributed by atoms with E-state index in [1.807, 2.05) is 34.5 Å². The van der Waals surface area contributed by atoms with Gasteiger partial charge >= 0.3 is 6.01 Å². The van der Waals surface area contributed by atoms with Crippen LogP contribution < -0.4 is 9.64 Å². The maximum Gasteiger partial charge on any atom is 0.319 e. The molecule has 5 heterocycles. The number of halogens is 3. The SMILES string of the molecule is [C-]#[N+]C[C@H]1CN(c2nc(OCC34CCCN3C[C@H](F)C4)nc3cc(-c4cccc5ccsc45)c(F)cc23)CCN1C(=O)C(=C)F. The second kappa shape index (κ2) is 11.6. The van der Waals surface area contributed by atoms with E-state index in [9.17, 15) is 13.6 Å². The zero-order chi connectivity index (χ0) is 31.3. The Morgan fingerprint density at radius 1 is 1.18 bits per heavy atom. The van der Waals surface area contributed by atoms with Crippen molar-refractivity contribution in [2.24, 2.45) is 0 Å². The highest BCUT2D eigenvalue weighted by atomic mass is 32.1. The Morgan fingerprint density at radius 2 is 2.04 bits per heavy atom. The summed E-state index contributed by atoms with van der Waals surface area (Å²) < 4.78 is 51.5. The van der Waals surface area contributed by atoms with Crippen molar-refractivity contribution in [1.29, 1.82) is 0 Å². The van der Waals surface area contributed by atoms with E-state index < -0.39 is 35.3 Å². The molecular weight excluding hydrogens is 601 g/mol. The molecule has 4 aromatic rings. The van der Waals surface area contributed by atoms with Crippen molar-refractivity contribution in [2.75, 3.05) is 50.8 Å². The highest BCUT2D eigenvalue weighted by Gasteiger charge is 2.49. The van der Waals surface area contributed by atoms with Crippen LogP contribution in [0.15, 0.2) is 54.2 Å². The first-order valence-electron chi connectivity index (χ1n) is 15.0. The molecule has 3 atom stereocenters. The number of hydrogen-bond donors (Lipinski definition) is 0. The number of hydrogen-bond acceptors (Lipinski definition) is 7. The average Bonchev–Trinajstić information content (AvgIpc) is 3.73. The number of piperazine rings is 1. The number of anilines is 1. The van der Waals surface area contributed by atoms with E-state index in [1.54, 1.807) is 6.07 Å². The quantitative estimate of drug-likeness (QED) is 0.183. The first kappa shape index (κ1) is 29.5. The lowest BCUT2D eigenvalue weighted by Gasteiger charge is -2.39. The highest BCUT2D eigenvalue weighted by Crippen LogP contribution is 2.41. The summed E-state index contributed by atoms with van der Waals surface area (Å²) in [4.78, 5) is 30.8. The number of benzene rings is 2. The lowest BCUT2D eigenvalue weighted by atomic mass is 9.95. The summed E-state index contributed by atoms with van der Waals surface area (Å²) in [5, 5.41) is 3.43. The minimum Gasteiger partial charge on any atom is -0.461 e. The third-order valence-electron chi connectivity index (χ3n) is 9.32. The van der Waals surface area contributed by atoms with Gasteiger partial charge in [-0.05, 0) is 48.4 Å². The lowest BCUT2D eigenvalue weighted by molar-refractivity contribution is -0.131. The number of carbonyl (C=O) groups excluding carboxylic acids is 1. The summed E-state index contributed by atoms with van der Waals surface area (Å²) >= 11 is 1.53. The molecule has 0 N–H and O–H groups in total. The van der Waals surface area contributed by atoms with Gasteiger partial charge in [-0.3, -0.25) is 9.69 Å². The molecular formula is C33H31F3N6O2S. The molecule has 3 aliphatic heterocycles. The monoisotopic (exact) mass is 632 g/mol. The molecule has 0 spiro atoms. The summed E-state index contributed by atoms with van der Waals surface area (Å²) in [6.07, 6.45) is 1.27. The maximum absolute atomic E-state index is 16.0. The van der Waals surface area contributed by atoms with Crippen LogP contribution in [-0.2, 0) is 4.79 Å². The zero-order valence-electron chi connectivity index (χ0n) is 24.5. The van der Waals surface area contributed by atoms with Gasteiger partial charge in [-0.25, -0.2) is 19.7 Å². The van der Waals surface area contributed by atoms with E-state index in [-0.39, 0.29) is 38.8 Å². The summed E-state index contributed by atoms with van der Waals surface area (Å²) in [5.41, 5.74) is 1.20. The molecule has 7 rings (SSSR count). The van der Waals surface area contributed by atoms with Crippen LogP contribution in [0, 0.1) is 12.4 Å². The van der Waals surface area contributed by atoms with Crippen LogP contribution in [0.25, 0.3) is 37.0 Å². The number of fused-ring (bicyclic) bond motifs is 3. The molecule has 1 unspecified atom stereocenters. The van der Waals surface area contributed by atoms with Crippen LogP contribution >= 0.6 is 11.3 Å². The van der Waals surface area contributed by atoms with E-state index >= 15 is 4.39 Å². The van der Waals surface area contributed by atoms with Crippen LogP contribution in [-0.4, -0.2) is 89.3 Å². The van der Waals surface area contributed by atoms with Crippen molar-refractivity contribution < 1.29 is 22.7 Å². The molecule has 0 aliphatic carbocycles. The average molecular weight is 633 g/mol. The van der Waals surface area contributed by atoms with Gasteiger partial charge in [0.15, 0.2) is 5.83 Å². The van der Waals surface area contributed by atoms with E-state index in [0.29, 0.717) is 35.2 Å². The molecule has 0 saturated carbocycles. The van der Waals surface area contributed by atoms with Crippen LogP contribution in [0.1, 0.15) is 19.3 Å². The van der Waals surface area contributed by atoms with E-state index in [4.69, 9.17) is 21.3 Å². The van der Waals surface area contributed by atoms with Gasteiger partial charge in [-0.2, -0.15) is 9.97 Å². The topological polar surface area (TPSA) is 66.2 Å². The molecule has 3 saturated heterocycles. The van der Waals surface area contributed by atoms with Gasteiger partial charge in [-0.15, -0.1) is 11.3 Å². The Balaban J connectivity index is 1.30. The van der Waals surface area contributed by atoms with Gasteiger partial charge in [0, 0.05) is 53.8 Å². The Labute approximate surface area is 262 Å². The molecule has 8 nitrogen and oxygen atoms in total. The minimum atomic E-state index is -1.08. The number of rotatable bonds is 7. The summed E-state index contributed by atoms with van der Waals surface area (Å²) in [7, 11) is 0. The number of thiophene rings is 1. The summed E-state index contributed by atoms with van der Waals surface area (Å²) in [5.74, 6) is -1.98. The standard InChI is InChI=1S/C33H31F3N6O2S/c1-20(34)31(43)42-11-10-40(18-23(42)16-37-2)30-26-13-27(36)25(24-6-3-5-21-7-12-45-29(21)24)14-28(26)38-32(39-30)44-19-33-8-4-9-41(33)17-22(35)15-33/h3,5-7,12-14,22-23H,1,4,8-11,15-19H2/t22-,23+,33?/m1/s1. The second-order valence-corrected chi connectivity index (χ2v) is 12.9. The third-order valence-corrected chi connectivity index (χ3v) is 10.3. The molecule has 3 fully saturated rings. The van der Waals surface area contributed by atoms with Crippen LogP contribution in [0.2, 0.25) is 0 Å². The summed E-state index contributed by atoms with van der Waals surface area (Å²) in [6.45, 7) is 12.5. The molecule has 0 bridgehead atoms. The van der Waals surface area contributed by atoms with Gasteiger partial charge in [0.2, 0.25) is 6.54 Å². The predicted molar refractivity (Wildman–Crippen MR) is 168 cm³/mol. The Kier molecular flexibility index (Phi) is 7.61. The largest absolute Gasteiger partial charge is 0.461 e. The Hall–Kier alpha value is -4.21. The van der Waals surface area contributed by atoms with Crippen LogP contribution in [0.5, 0.6) is 6.01 Å². The minimum absolute atomic E-state index is 0.0476. The molecule has 1 amide bonds. The second-order valence-electron chi connectivity index (χ2n) is 12.0. The fourth-order valence-electron chi connectivity index (χ4n) is 7.21. The molecule has 2 aromatic heterocycles. The molecule has 3 aliphatic rings.